The molecule has 1 unspecified atom stereocenters. The topological polar surface area (TPSA) is 42.7 Å². The second kappa shape index (κ2) is 5.53. The smallest absolute Gasteiger partial charge is 0.0637 e. The lowest BCUT2D eigenvalue weighted by molar-refractivity contribution is 0.450. The van der Waals surface area contributed by atoms with Gasteiger partial charge in [0.1, 0.15) is 0 Å². The van der Waals surface area contributed by atoms with Crippen LogP contribution in [0.3, 0.4) is 0 Å². The zero-order valence-corrected chi connectivity index (χ0v) is 11.3. The maximum atomic E-state index is 4.55. The van der Waals surface area contributed by atoms with E-state index in [1.54, 1.807) is 0 Å². The predicted molar refractivity (Wildman–Crippen MR) is 74.8 cm³/mol. The standard InChI is InChI=1S/C15H20N4/c1-19-11-8-13(18-19)7-10-16-14-6-2-4-12-5-3-9-17-15(12)14/h3,5,8-9,11,14,16H,2,4,6-7,10H2,1H3. The van der Waals surface area contributed by atoms with Gasteiger partial charge in [-0.1, -0.05) is 6.07 Å². The van der Waals surface area contributed by atoms with Gasteiger partial charge in [-0.3, -0.25) is 9.67 Å². The summed E-state index contributed by atoms with van der Waals surface area (Å²) in [5, 5.41) is 8.02. The molecule has 0 amide bonds. The Bertz CT molecular complexity index is 547. The fraction of sp³-hybridized carbons (Fsp3) is 0.467. The summed E-state index contributed by atoms with van der Waals surface area (Å²) in [5.41, 5.74) is 3.80. The fourth-order valence-corrected chi connectivity index (χ4v) is 2.78. The van der Waals surface area contributed by atoms with E-state index in [9.17, 15) is 0 Å². The molecule has 4 nitrogen and oxygen atoms in total. The Hall–Kier alpha value is -1.68. The first-order valence-corrected chi connectivity index (χ1v) is 6.98. The van der Waals surface area contributed by atoms with Crippen molar-refractivity contribution in [3.05, 3.63) is 47.5 Å². The lowest BCUT2D eigenvalue weighted by atomic mass is 9.92. The summed E-state index contributed by atoms with van der Waals surface area (Å²) in [5.74, 6) is 0. The van der Waals surface area contributed by atoms with Crippen LogP contribution in [0.15, 0.2) is 30.6 Å². The molecule has 1 aliphatic carbocycles. The van der Waals surface area contributed by atoms with Crippen LogP contribution in [0.2, 0.25) is 0 Å². The van der Waals surface area contributed by atoms with Crippen molar-refractivity contribution in [1.29, 1.82) is 0 Å². The number of nitrogens with one attached hydrogen (secondary N) is 1. The van der Waals surface area contributed by atoms with E-state index in [1.165, 1.54) is 30.5 Å². The maximum absolute atomic E-state index is 4.55. The van der Waals surface area contributed by atoms with Crippen LogP contribution >= 0.6 is 0 Å². The van der Waals surface area contributed by atoms with Crippen molar-refractivity contribution in [3.8, 4) is 0 Å². The first-order chi connectivity index (χ1) is 9.33. The molecule has 4 heteroatoms. The van der Waals surface area contributed by atoms with Crippen molar-refractivity contribution in [2.45, 2.75) is 31.7 Å². The molecule has 0 aliphatic heterocycles. The van der Waals surface area contributed by atoms with Crippen molar-refractivity contribution in [2.24, 2.45) is 7.05 Å². The lowest BCUT2D eigenvalue weighted by Gasteiger charge is -2.25. The highest BCUT2D eigenvalue weighted by Crippen LogP contribution is 2.27. The fourth-order valence-electron chi connectivity index (χ4n) is 2.78. The molecule has 0 saturated carbocycles. The molecule has 2 aromatic rings. The maximum Gasteiger partial charge on any atom is 0.0637 e. The molecule has 0 saturated heterocycles. The summed E-state index contributed by atoms with van der Waals surface area (Å²) < 4.78 is 1.85. The Morgan fingerprint density at radius 2 is 2.37 bits per heavy atom. The Morgan fingerprint density at radius 3 is 3.21 bits per heavy atom. The van der Waals surface area contributed by atoms with Crippen LogP contribution in [0.4, 0.5) is 0 Å². The van der Waals surface area contributed by atoms with Gasteiger partial charge in [-0.05, 0) is 37.0 Å². The molecule has 1 atom stereocenters. The average Bonchev–Trinajstić information content (AvgIpc) is 2.85. The zero-order chi connectivity index (χ0) is 13.1. The van der Waals surface area contributed by atoms with E-state index >= 15 is 0 Å². The number of nitrogens with zero attached hydrogens (tertiary/aromatic N) is 3. The van der Waals surface area contributed by atoms with Crippen LogP contribution < -0.4 is 5.32 Å². The first-order valence-electron chi connectivity index (χ1n) is 6.98. The molecule has 0 radical (unpaired) electrons. The molecule has 1 aliphatic rings. The van der Waals surface area contributed by atoms with Crippen molar-refractivity contribution >= 4 is 0 Å². The van der Waals surface area contributed by atoms with E-state index < -0.39 is 0 Å². The lowest BCUT2D eigenvalue weighted by Crippen LogP contribution is -2.28. The number of hydrogen-bond donors (Lipinski definition) is 1. The highest BCUT2D eigenvalue weighted by Gasteiger charge is 2.20. The van der Waals surface area contributed by atoms with Crippen LogP contribution in [-0.4, -0.2) is 21.3 Å². The molecule has 1 N–H and O–H groups in total. The number of fused-ring (bicyclic) bond motifs is 1. The van der Waals surface area contributed by atoms with Crippen LogP contribution in [0, 0.1) is 0 Å². The Labute approximate surface area is 113 Å². The summed E-state index contributed by atoms with van der Waals surface area (Å²) in [6, 6.07) is 6.73. The Kier molecular flexibility index (Phi) is 3.60. The first kappa shape index (κ1) is 12.4. The SMILES string of the molecule is Cn1ccc(CCNC2CCCc3cccnc32)n1. The summed E-state index contributed by atoms with van der Waals surface area (Å²) in [7, 11) is 1.96. The number of aromatic nitrogens is 3. The Balaban J connectivity index is 1.59. The van der Waals surface area contributed by atoms with Crippen molar-refractivity contribution in [3.63, 3.8) is 0 Å². The number of hydrogen-bond acceptors (Lipinski definition) is 3. The third-order valence-electron chi connectivity index (χ3n) is 3.74. The molecule has 0 aromatic carbocycles. The highest BCUT2D eigenvalue weighted by molar-refractivity contribution is 5.25. The molecular formula is C15H20N4. The zero-order valence-electron chi connectivity index (χ0n) is 11.3. The third-order valence-corrected chi connectivity index (χ3v) is 3.74. The van der Waals surface area contributed by atoms with Crippen molar-refractivity contribution in [1.82, 2.24) is 20.1 Å². The van der Waals surface area contributed by atoms with Crippen LogP contribution in [0.25, 0.3) is 0 Å². The molecule has 19 heavy (non-hydrogen) atoms. The molecule has 0 spiro atoms. The quantitative estimate of drug-likeness (QED) is 0.910. The van der Waals surface area contributed by atoms with Gasteiger partial charge < -0.3 is 5.32 Å². The van der Waals surface area contributed by atoms with E-state index in [1.807, 2.05) is 30.2 Å². The number of pyridine rings is 1. The highest BCUT2D eigenvalue weighted by atomic mass is 15.2. The van der Waals surface area contributed by atoms with Gasteiger partial charge in [-0.15, -0.1) is 0 Å². The van der Waals surface area contributed by atoms with Gasteiger partial charge in [0.2, 0.25) is 0 Å². The van der Waals surface area contributed by atoms with Gasteiger partial charge in [-0.25, -0.2) is 0 Å². The van der Waals surface area contributed by atoms with Gasteiger partial charge in [0, 0.05) is 38.4 Å². The molecule has 2 aromatic heterocycles. The molecular weight excluding hydrogens is 236 g/mol. The average molecular weight is 256 g/mol. The largest absolute Gasteiger partial charge is 0.308 e. The van der Waals surface area contributed by atoms with Gasteiger partial charge in [0.15, 0.2) is 0 Å². The minimum Gasteiger partial charge on any atom is -0.308 e. The normalized spacial score (nSPS) is 18.3. The third kappa shape index (κ3) is 2.84. The van der Waals surface area contributed by atoms with E-state index in [-0.39, 0.29) is 0 Å². The summed E-state index contributed by atoms with van der Waals surface area (Å²) >= 11 is 0. The molecule has 0 fully saturated rings. The van der Waals surface area contributed by atoms with E-state index in [0.29, 0.717) is 6.04 Å². The van der Waals surface area contributed by atoms with Crippen molar-refractivity contribution < 1.29 is 0 Å². The molecule has 100 valence electrons. The number of rotatable bonds is 4. The van der Waals surface area contributed by atoms with Crippen LogP contribution in [0.1, 0.15) is 35.8 Å². The molecule has 0 bridgehead atoms. The monoisotopic (exact) mass is 256 g/mol. The minimum atomic E-state index is 0.411. The van der Waals surface area contributed by atoms with E-state index in [0.717, 1.165) is 18.7 Å². The van der Waals surface area contributed by atoms with E-state index in [4.69, 9.17) is 0 Å². The predicted octanol–water partition coefficient (Wildman–Crippen LogP) is 2.02. The summed E-state index contributed by atoms with van der Waals surface area (Å²) in [4.78, 5) is 4.55. The van der Waals surface area contributed by atoms with E-state index in [2.05, 4.69) is 27.5 Å². The molecule has 2 heterocycles. The minimum absolute atomic E-state index is 0.411. The summed E-state index contributed by atoms with van der Waals surface area (Å²) in [6.45, 7) is 0.956. The van der Waals surface area contributed by atoms with Gasteiger partial charge >= 0.3 is 0 Å². The van der Waals surface area contributed by atoms with Crippen LogP contribution in [-0.2, 0) is 19.9 Å². The second-order valence-electron chi connectivity index (χ2n) is 5.18. The van der Waals surface area contributed by atoms with Gasteiger partial charge in [-0.2, -0.15) is 5.10 Å². The van der Waals surface area contributed by atoms with Gasteiger partial charge in [0.25, 0.3) is 0 Å². The second-order valence-corrected chi connectivity index (χ2v) is 5.18. The van der Waals surface area contributed by atoms with Gasteiger partial charge in [0.05, 0.1) is 11.4 Å². The summed E-state index contributed by atoms with van der Waals surface area (Å²) in [6.07, 6.45) is 8.47. The van der Waals surface area contributed by atoms with Crippen LogP contribution in [0.5, 0.6) is 0 Å². The Morgan fingerprint density at radius 1 is 1.42 bits per heavy atom. The molecule has 3 rings (SSSR count). The van der Waals surface area contributed by atoms with Crippen molar-refractivity contribution in [2.75, 3.05) is 6.54 Å². The number of aryl methyl sites for hydroxylation is 2.